The van der Waals surface area contributed by atoms with Crippen LogP contribution < -0.4 is 9.64 Å². The maximum Gasteiger partial charge on any atom is 0.339 e. The second kappa shape index (κ2) is 5.10. The first kappa shape index (κ1) is 11.8. The third-order valence-corrected chi connectivity index (χ3v) is 2.77. The molecule has 0 fully saturated rings. The van der Waals surface area contributed by atoms with Gasteiger partial charge in [0.25, 0.3) is 0 Å². The number of benzene rings is 1. The van der Waals surface area contributed by atoms with Crippen LogP contribution in [-0.2, 0) is 0 Å². The number of carboxylic acids is 1. The molecule has 90 valence electrons. The third kappa shape index (κ3) is 2.36. The van der Waals surface area contributed by atoms with Gasteiger partial charge in [-0.2, -0.15) is 0 Å². The predicted molar refractivity (Wildman–Crippen MR) is 66.1 cm³/mol. The molecule has 0 saturated carbocycles. The zero-order chi connectivity index (χ0) is 12.3. The van der Waals surface area contributed by atoms with Crippen molar-refractivity contribution in [2.24, 2.45) is 0 Å². The van der Waals surface area contributed by atoms with Gasteiger partial charge < -0.3 is 14.7 Å². The van der Waals surface area contributed by atoms with Gasteiger partial charge in [-0.3, -0.25) is 0 Å². The Bertz CT molecular complexity index is 459. The fourth-order valence-corrected chi connectivity index (χ4v) is 1.91. The molecule has 0 bridgehead atoms. The van der Waals surface area contributed by atoms with E-state index < -0.39 is 5.97 Å². The van der Waals surface area contributed by atoms with Crippen molar-refractivity contribution in [3.8, 4) is 5.75 Å². The van der Waals surface area contributed by atoms with E-state index in [9.17, 15) is 4.79 Å². The Hall–Kier alpha value is -1.68. The highest BCUT2D eigenvalue weighted by Gasteiger charge is 2.22. The van der Waals surface area contributed by atoms with Crippen LogP contribution in [0.3, 0.4) is 0 Å². The molecule has 0 atom stereocenters. The van der Waals surface area contributed by atoms with E-state index in [0.717, 1.165) is 12.2 Å². The molecule has 1 heterocycles. The highest BCUT2D eigenvalue weighted by Crippen LogP contribution is 2.34. The van der Waals surface area contributed by atoms with Gasteiger partial charge in [0, 0.05) is 12.1 Å². The number of para-hydroxylation sites is 1. The number of hydrogen-bond acceptors (Lipinski definition) is 3. The molecule has 0 aliphatic carbocycles. The summed E-state index contributed by atoms with van der Waals surface area (Å²) in [6.45, 7) is 1.84. The van der Waals surface area contributed by atoms with Gasteiger partial charge in [0.2, 0.25) is 0 Å². The van der Waals surface area contributed by atoms with E-state index in [1.165, 1.54) is 5.54 Å². The van der Waals surface area contributed by atoms with E-state index in [2.05, 4.69) is 0 Å². The molecular formula is C12H12ClNO3. The summed E-state index contributed by atoms with van der Waals surface area (Å²) in [4.78, 5) is 13.1. The quantitative estimate of drug-likeness (QED) is 0.898. The molecule has 0 amide bonds. The van der Waals surface area contributed by atoms with Crippen LogP contribution in [0.1, 0.15) is 10.4 Å². The second-order valence-corrected chi connectivity index (χ2v) is 3.87. The number of fused-ring (bicyclic) bond motifs is 1. The summed E-state index contributed by atoms with van der Waals surface area (Å²) in [5, 5.41) is 9.07. The van der Waals surface area contributed by atoms with Crippen molar-refractivity contribution in [2.45, 2.75) is 0 Å². The first-order chi connectivity index (χ1) is 8.24. The summed E-state index contributed by atoms with van der Waals surface area (Å²) in [5.41, 5.74) is 2.45. The summed E-state index contributed by atoms with van der Waals surface area (Å²) in [5.74, 6) is -0.536. The zero-order valence-electron chi connectivity index (χ0n) is 9.10. The number of halogens is 1. The van der Waals surface area contributed by atoms with E-state index >= 15 is 0 Å². The van der Waals surface area contributed by atoms with Gasteiger partial charge in [0.15, 0.2) is 5.75 Å². The van der Waals surface area contributed by atoms with Gasteiger partial charge in [0.05, 0.1) is 12.2 Å². The van der Waals surface area contributed by atoms with Crippen LogP contribution in [-0.4, -0.2) is 30.8 Å². The molecule has 17 heavy (non-hydrogen) atoms. The monoisotopic (exact) mass is 253 g/mol. The molecule has 1 aliphatic rings. The van der Waals surface area contributed by atoms with E-state index in [0.29, 0.717) is 18.9 Å². The van der Waals surface area contributed by atoms with E-state index in [-0.39, 0.29) is 5.56 Å². The van der Waals surface area contributed by atoms with E-state index in [1.54, 1.807) is 12.1 Å². The maximum atomic E-state index is 11.1. The van der Waals surface area contributed by atoms with Crippen molar-refractivity contribution in [1.82, 2.24) is 0 Å². The Balaban J connectivity index is 2.38. The number of carbonyl (C=O) groups is 1. The summed E-state index contributed by atoms with van der Waals surface area (Å²) in [7, 11) is 0. The summed E-state index contributed by atoms with van der Waals surface area (Å²) in [6, 6.07) is 5.11. The molecule has 5 heteroatoms. The topological polar surface area (TPSA) is 49.8 Å². The average molecular weight is 254 g/mol. The van der Waals surface area contributed by atoms with Crippen molar-refractivity contribution in [3.63, 3.8) is 0 Å². The molecule has 1 N–H and O–H groups in total. The average Bonchev–Trinajstić information content (AvgIpc) is 2.35. The number of hydrogen-bond donors (Lipinski definition) is 1. The first-order valence-corrected chi connectivity index (χ1v) is 5.67. The minimum atomic E-state index is -0.975. The number of rotatable bonds is 3. The summed E-state index contributed by atoms with van der Waals surface area (Å²) < 4.78 is 5.45. The molecule has 0 aromatic heterocycles. The molecule has 0 unspecified atom stereocenters. The van der Waals surface area contributed by atoms with Gasteiger partial charge in [0.1, 0.15) is 12.2 Å². The number of nitrogens with zero attached hydrogens (tertiary/aromatic N) is 1. The smallest absolute Gasteiger partial charge is 0.339 e. The lowest BCUT2D eigenvalue weighted by Gasteiger charge is -2.31. The van der Waals surface area contributed by atoms with Crippen LogP contribution >= 0.6 is 11.6 Å². The molecule has 4 nitrogen and oxygen atoms in total. The van der Waals surface area contributed by atoms with Crippen molar-refractivity contribution in [3.05, 3.63) is 35.4 Å². The molecule has 1 aliphatic heterocycles. The van der Waals surface area contributed by atoms with Crippen LogP contribution in [0.25, 0.3) is 0 Å². The molecule has 1 aromatic rings. The number of ether oxygens (including phenoxy) is 1. The van der Waals surface area contributed by atoms with E-state index in [1.807, 2.05) is 17.0 Å². The summed E-state index contributed by atoms with van der Waals surface area (Å²) >= 11 is 5.50. The second-order valence-electron chi connectivity index (χ2n) is 3.62. The minimum absolute atomic E-state index is 0.196. The van der Waals surface area contributed by atoms with Crippen LogP contribution in [0.15, 0.2) is 29.8 Å². The lowest BCUT2D eigenvalue weighted by molar-refractivity contribution is 0.0692. The standard InChI is InChI=1S/C12H12ClNO3/c13-5-2-6-14-7-8-17-11-9(12(15)16)3-1-4-10(11)14/h1-5H,6-8H2,(H,15,16)/b5-2+. The Kier molecular flexibility index (Phi) is 3.54. The lowest BCUT2D eigenvalue weighted by atomic mass is 10.1. The van der Waals surface area contributed by atoms with Crippen molar-refractivity contribution in [1.29, 1.82) is 0 Å². The molecule has 2 rings (SSSR count). The Labute approximate surface area is 104 Å². The van der Waals surface area contributed by atoms with Gasteiger partial charge in [-0.25, -0.2) is 4.79 Å². The van der Waals surface area contributed by atoms with Gasteiger partial charge >= 0.3 is 5.97 Å². The molecule has 0 radical (unpaired) electrons. The SMILES string of the molecule is O=C(O)c1cccc2c1OCCN2C/C=C/Cl. The van der Waals surface area contributed by atoms with Crippen LogP contribution in [0.5, 0.6) is 5.75 Å². The van der Waals surface area contributed by atoms with Crippen LogP contribution in [0, 0.1) is 0 Å². The Morgan fingerprint density at radius 1 is 1.59 bits per heavy atom. The number of anilines is 1. The molecule has 1 aromatic carbocycles. The lowest BCUT2D eigenvalue weighted by Crippen LogP contribution is -2.33. The molecular weight excluding hydrogens is 242 g/mol. The van der Waals surface area contributed by atoms with Gasteiger partial charge in [-0.15, -0.1) is 0 Å². The Morgan fingerprint density at radius 2 is 2.41 bits per heavy atom. The molecule has 0 spiro atoms. The number of aromatic carboxylic acids is 1. The normalized spacial score (nSPS) is 14.5. The zero-order valence-corrected chi connectivity index (χ0v) is 9.85. The minimum Gasteiger partial charge on any atom is -0.489 e. The van der Waals surface area contributed by atoms with Crippen molar-refractivity contribution in [2.75, 3.05) is 24.6 Å². The van der Waals surface area contributed by atoms with Crippen LogP contribution in [0.2, 0.25) is 0 Å². The largest absolute Gasteiger partial charge is 0.489 e. The van der Waals surface area contributed by atoms with Gasteiger partial charge in [-0.1, -0.05) is 23.7 Å². The van der Waals surface area contributed by atoms with Crippen LogP contribution in [0.4, 0.5) is 5.69 Å². The highest BCUT2D eigenvalue weighted by atomic mass is 35.5. The third-order valence-electron chi connectivity index (χ3n) is 2.59. The predicted octanol–water partition coefficient (Wildman–Crippen LogP) is 2.34. The molecule has 0 saturated heterocycles. The Morgan fingerprint density at radius 3 is 3.12 bits per heavy atom. The highest BCUT2D eigenvalue weighted by molar-refractivity contribution is 6.25. The summed E-state index contributed by atoms with van der Waals surface area (Å²) in [6.07, 6.45) is 1.81. The fraction of sp³-hybridized carbons (Fsp3) is 0.250. The van der Waals surface area contributed by atoms with Crippen molar-refractivity contribution >= 4 is 23.3 Å². The first-order valence-electron chi connectivity index (χ1n) is 5.23. The maximum absolute atomic E-state index is 11.1. The number of carboxylic acid groups (broad SMARTS) is 1. The van der Waals surface area contributed by atoms with E-state index in [4.69, 9.17) is 21.4 Å². The van der Waals surface area contributed by atoms with Crippen molar-refractivity contribution < 1.29 is 14.6 Å². The van der Waals surface area contributed by atoms with Gasteiger partial charge in [-0.05, 0) is 12.1 Å². The fourth-order valence-electron chi connectivity index (χ4n) is 1.83.